The second-order valence-electron chi connectivity index (χ2n) is 5.71. The second-order valence-corrected chi connectivity index (χ2v) is 5.71. The van der Waals surface area contributed by atoms with Crippen LogP contribution in [0.4, 0.5) is 4.39 Å². The highest BCUT2D eigenvalue weighted by Crippen LogP contribution is 2.15. The summed E-state index contributed by atoms with van der Waals surface area (Å²) < 4.78 is 24.2. The smallest absolute Gasteiger partial charge is 0.331 e. The van der Waals surface area contributed by atoms with Crippen molar-refractivity contribution in [2.45, 2.75) is 13.2 Å². The van der Waals surface area contributed by atoms with Crippen LogP contribution in [-0.4, -0.2) is 11.0 Å². The van der Waals surface area contributed by atoms with E-state index in [0.717, 1.165) is 11.3 Å². The van der Waals surface area contributed by atoms with Gasteiger partial charge >= 0.3 is 5.97 Å². The van der Waals surface area contributed by atoms with Crippen LogP contribution in [0.2, 0.25) is 0 Å². The minimum atomic E-state index is -0.534. The Morgan fingerprint density at radius 3 is 2.48 bits per heavy atom. The van der Waals surface area contributed by atoms with Gasteiger partial charge in [-0.15, -0.1) is 0 Å². The van der Waals surface area contributed by atoms with Gasteiger partial charge in [0.1, 0.15) is 24.8 Å². The van der Waals surface area contributed by atoms with E-state index in [0.29, 0.717) is 17.9 Å². The molecule has 0 saturated heterocycles. The largest absolute Gasteiger partial charge is 0.487 e. The maximum absolute atomic E-state index is 13.5. The summed E-state index contributed by atoms with van der Waals surface area (Å²) in [5.74, 6) is -0.218. The van der Waals surface area contributed by atoms with E-state index < -0.39 is 11.8 Å². The van der Waals surface area contributed by atoms with Gasteiger partial charge in [-0.2, -0.15) is 0 Å². The lowest BCUT2D eigenvalue weighted by Crippen LogP contribution is -2.02. The molecule has 5 heteroatoms. The normalized spacial score (nSPS) is 10.7. The minimum Gasteiger partial charge on any atom is -0.487 e. The molecule has 0 unspecified atom stereocenters. The minimum absolute atomic E-state index is 0.101. The summed E-state index contributed by atoms with van der Waals surface area (Å²) >= 11 is 0. The van der Waals surface area contributed by atoms with Crippen LogP contribution < -0.4 is 4.74 Å². The van der Waals surface area contributed by atoms with Crippen molar-refractivity contribution in [2.75, 3.05) is 0 Å². The summed E-state index contributed by atoms with van der Waals surface area (Å²) in [5.41, 5.74) is 2.01. The fourth-order valence-electron chi connectivity index (χ4n) is 2.29. The first-order valence-corrected chi connectivity index (χ1v) is 8.42. The topological polar surface area (TPSA) is 48.4 Å². The fourth-order valence-corrected chi connectivity index (χ4v) is 2.29. The number of esters is 1. The molecule has 136 valence electrons. The zero-order valence-corrected chi connectivity index (χ0v) is 14.5. The molecular formula is C22H18FNO3. The first-order valence-electron chi connectivity index (χ1n) is 8.42. The highest BCUT2D eigenvalue weighted by molar-refractivity contribution is 5.87. The molecule has 3 aromatic rings. The molecule has 0 amide bonds. The number of carbonyl (C=O) groups is 1. The van der Waals surface area contributed by atoms with Crippen LogP contribution >= 0.6 is 0 Å². The Kier molecular flexibility index (Phi) is 6.30. The van der Waals surface area contributed by atoms with Crippen LogP contribution in [-0.2, 0) is 22.7 Å². The Labute approximate surface area is 156 Å². The predicted octanol–water partition coefficient (Wildman–Crippen LogP) is 4.56. The number of rotatable bonds is 7. The average Bonchev–Trinajstić information content (AvgIpc) is 2.71. The molecule has 0 N–H and O–H groups in total. The molecular weight excluding hydrogens is 345 g/mol. The van der Waals surface area contributed by atoms with Crippen LogP contribution in [0.1, 0.15) is 16.8 Å². The number of ether oxygens (including phenoxy) is 2. The van der Waals surface area contributed by atoms with E-state index in [9.17, 15) is 9.18 Å². The summed E-state index contributed by atoms with van der Waals surface area (Å²) in [7, 11) is 0. The quantitative estimate of drug-likeness (QED) is 0.456. The maximum Gasteiger partial charge on any atom is 0.331 e. The molecule has 0 fully saturated rings. The van der Waals surface area contributed by atoms with Gasteiger partial charge in [0.05, 0.1) is 5.69 Å². The van der Waals surface area contributed by atoms with Crippen LogP contribution in [0.5, 0.6) is 5.75 Å². The molecule has 0 aliphatic carbocycles. The lowest BCUT2D eigenvalue weighted by atomic mass is 10.2. The number of carbonyl (C=O) groups excluding carboxylic acids is 1. The number of benzene rings is 2. The molecule has 1 heterocycles. The first kappa shape index (κ1) is 18.3. The number of pyridine rings is 1. The van der Waals surface area contributed by atoms with Gasteiger partial charge in [-0.05, 0) is 42.0 Å². The number of hydrogen-bond acceptors (Lipinski definition) is 4. The van der Waals surface area contributed by atoms with Gasteiger partial charge in [-0.3, -0.25) is 4.98 Å². The number of nitrogens with zero attached hydrogens (tertiary/aromatic N) is 1. The van der Waals surface area contributed by atoms with Gasteiger partial charge < -0.3 is 9.47 Å². The molecule has 27 heavy (non-hydrogen) atoms. The average molecular weight is 363 g/mol. The SMILES string of the molecule is O=C(/C=C\c1ccc(OCc2ccccn2)cc1)OCc1ccccc1F. The third-order valence-corrected chi connectivity index (χ3v) is 3.73. The highest BCUT2D eigenvalue weighted by Gasteiger charge is 2.03. The first-order chi connectivity index (χ1) is 13.2. The number of halogens is 1. The Morgan fingerprint density at radius 1 is 0.963 bits per heavy atom. The lowest BCUT2D eigenvalue weighted by molar-refractivity contribution is -0.138. The van der Waals surface area contributed by atoms with E-state index in [1.807, 2.05) is 42.5 Å². The highest BCUT2D eigenvalue weighted by atomic mass is 19.1. The number of hydrogen-bond donors (Lipinski definition) is 0. The zero-order valence-electron chi connectivity index (χ0n) is 14.5. The van der Waals surface area contributed by atoms with Gasteiger partial charge in [0.2, 0.25) is 0 Å². The Morgan fingerprint density at radius 2 is 1.74 bits per heavy atom. The van der Waals surface area contributed by atoms with Crippen LogP contribution in [0.25, 0.3) is 6.08 Å². The van der Waals surface area contributed by atoms with Gasteiger partial charge in [-0.1, -0.05) is 36.4 Å². The standard InChI is InChI=1S/C22H18FNO3/c23-21-7-2-1-5-18(21)15-27-22(25)13-10-17-8-11-20(12-9-17)26-16-19-6-3-4-14-24-19/h1-14H,15-16H2/b13-10-. The van der Waals surface area contributed by atoms with Crippen molar-refractivity contribution in [3.8, 4) is 5.75 Å². The van der Waals surface area contributed by atoms with Gasteiger partial charge in [0.25, 0.3) is 0 Å². The maximum atomic E-state index is 13.5. The molecule has 2 aromatic carbocycles. The van der Waals surface area contributed by atoms with Crippen molar-refractivity contribution in [3.05, 3.63) is 102 Å². The number of aromatic nitrogens is 1. The third kappa shape index (κ3) is 5.78. The van der Waals surface area contributed by atoms with Gasteiger partial charge in [0.15, 0.2) is 0 Å². The predicted molar refractivity (Wildman–Crippen MR) is 100 cm³/mol. The Balaban J connectivity index is 1.48. The molecule has 0 spiro atoms. The molecule has 0 bridgehead atoms. The molecule has 0 radical (unpaired) electrons. The fraction of sp³-hybridized carbons (Fsp3) is 0.0909. The van der Waals surface area contributed by atoms with Crippen LogP contribution in [0.3, 0.4) is 0 Å². The molecule has 0 atom stereocenters. The zero-order chi connectivity index (χ0) is 18.9. The Hall–Kier alpha value is -3.47. The van der Waals surface area contributed by atoms with Crippen molar-refractivity contribution in [2.24, 2.45) is 0 Å². The monoisotopic (exact) mass is 363 g/mol. The van der Waals surface area contributed by atoms with Crippen molar-refractivity contribution in [3.63, 3.8) is 0 Å². The van der Waals surface area contributed by atoms with E-state index in [1.54, 1.807) is 30.5 Å². The summed E-state index contributed by atoms with van der Waals surface area (Å²) in [5, 5.41) is 0. The van der Waals surface area contributed by atoms with E-state index in [2.05, 4.69) is 4.98 Å². The summed E-state index contributed by atoms with van der Waals surface area (Å²) in [6.45, 7) is 0.286. The van der Waals surface area contributed by atoms with Crippen LogP contribution in [0, 0.1) is 5.82 Å². The van der Waals surface area contributed by atoms with Crippen LogP contribution in [0.15, 0.2) is 79.0 Å². The molecule has 0 aliphatic rings. The summed E-state index contributed by atoms with van der Waals surface area (Å²) in [6, 6.07) is 19.1. The molecule has 1 aromatic heterocycles. The Bertz CT molecular complexity index is 908. The van der Waals surface area contributed by atoms with Crippen molar-refractivity contribution in [1.29, 1.82) is 0 Å². The molecule has 4 nitrogen and oxygen atoms in total. The molecule has 3 rings (SSSR count). The second kappa shape index (κ2) is 9.29. The lowest BCUT2D eigenvalue weighted by Gasteiger charge is -2.06. The van der Waals surface area contributed by atoms with E-state index in [-0.39, 0.29) is 6.61 Å². The molecule has 0 aliphatic heterocycles. The van der Waals surface area contributed by atoms with Crippen molar-refractivity contribution in [1.82, 2.24) is 4.98 Å². The summed E-state index contributed by atoms with van der Waals surface area (Å²) in [6.07, 6.45) is 4.66. The van der Waals surface area contributed by atoms with E-state index in [4.69, 9.17) is 9.47 Å². The van der Waals surface area contributed by atoms with E-state index in [1.165, 1.54) is 12.1 Å². The van der Waals surface area contributed by atoms with Gasteiger partial charge in [-0.25, -0.2) is 9.18 Å². The third-order valence-electron chi connectivity index (χ3n) is 3.73. The van der Waals surface area contributed by atoms with E-state index >= 15 is 0 Å². The van der Waals surface area contributed by atoms with Gasteiger partial charge in [0, 0.05) is 17.8 Å². The molecule has 0 saturated carbocycles. The van der Waals surface area contributed by atoms with Crippen molar-refractivity contribution >= 4 is 12.0 Å². The summed E-state index contributed by atoms with van der Waals surface area (Å²) in [4.78, 5) is 16.0. The van der Waals surface area contributed by atoms with Crippen molar-refractivity contribution < 1.29 is 18.7 Å².